The number of benzene rings is 2. The van der Waals surface area contributed by atoms with Gasteiger partial charge >= 0.3 is 5.97 Å². The summed E-state index contributed by atoms with van der Waals surface area (Å²) in [6, 6.07) is 23.0. The number of nitrogen functional groups attached to an aromatic ring is 1. The molecule has 1 aliphatic rings. The molecule has 5 rings (SSSR count). The lowest BCUT2D eigenvalue weighted by Gasteiger charge is -2.19. The first kappa shape index (κ1) is 34.4. The van der Waals surface area contributed by atoms with E-state index in [4.69, 9.17) is 20.3 Å². The number of nitrogens with zero attached hydrogens (tertiary/aromatic N) is 2. The number of para-hydroxylation sites is 1. The summed E-state index contributed by atoms with van der Waals surface area (Å²) >= 11 is 0. The number of aromatic amines is 1. The Balaban J connectivity index is 0.000000224. The molecule has 2 unspecified atom stereocenters. The number of likely N-dealkylation sites (tertiary alicyclic amines) is 1. The van der Waals surface area contributed by atoms with E-state index in [-0.39, 0.29) is 43.4 Å². The zero-order chi connectivity index (χ0) is 32.4. The first-order chi connectivity index (χ1) is 21.8. The number of hydrogen-bond donors (Lipinski definition) is 6. The van der Waals surface area contributed by atoms with E-state index in [1.54, 1.807) is 18.2 Å². The van der Waals surface area contributed by atoms with Crippen LogP contribution in [0.2, 0.25) is 0 Å². The van der Waals surface area contributed by atoms with Crippen LogP contribution in [0.15, 0.2) is 79.0 Å². The number of amides is 2. The van der Waals surface area contributed by atoms with Crippen molar-refractivity contribution in [2.75, 3.05) is 44.4 Å². The summed E-state index contributed by atoms with van der Waals surface area (Å²) in [5.74, 6) is -0.141. The number of nitrogens with two attached hydrogens (primary N) is 1. The third kappa shape index (κ3) is 11.8. The third-order valence-electron chi connectivity index (χ3n) is 6.71. The SMILES string of the molecule is COCc1ccccc1.Nc1[nH]c2ccccc2c1O.O=CN1CC(OCC(=O)NCCC(=O)O)CC1CNc1ccccn1. The van der Waals surface area contributed by atoms with Crippen LogP contribution in [-0.4, -0.2) is 88.9 Å². The third-order valence-corrected chi connectivity index (χ3v) is 6.71. The van der Waals surface area contributed by atoms with Gasteiger partial charge in [0.05, 0.1) is 30.7 Å². The smallest absolute Gasteiger partial charge is 0.305 e. The Morgan fingerprint density at radius 1 is 1.11 bits per heavy atom. The summed E-state index contributed by atoms with van der Waals surface area (Å²) in [6.07, 6.45) is 2.71. The molecule has 2 amide bonds. The molecule has 0 bridgehead atoms. The standard InChI is InChI=1S/C16H22N4O5.C8H8N2O.C8H10O/c21-11-20-9-13(25-10-15(22)18-6-4-16(23)24)7-12(20)8-19-14-3-1-2-5-17-14;9-8-7(11)5-3-1-2-4-6(5)10-8;1-9-7-8-5-3-2-4-6-8/h1-3,5,11-13H,4,6-10H2,(H,17,19)(H,18,22)(H,23,24);1-4,10-11H,9H2;2-6H,7H2,1H3. The maximum atomic E-state index is 11.6. The Morgan fingerprint density at radius 2 is 1.84 bits per heavy atom. The lowest BCUT2D eigenvalue weighted by atomic mass is 10.2. The maximum absolute atomic E-state index is 11.6. The second-order valence-corrected chi connectivity index (χ2v) is 10.1. The van der Waals surface area contributed by atoms with E-state index in [9.17, 15) is 19.5 Å². The molecule has 240 valence electrons. The van der Waals surface area contributed by atoms with Crippen LogP contribution < -0.4 is 16.4 Å². The second-order valence-electron chi connectivity index (χ2n) is 10.1. The van der Waals surface area contributed by atoms with E-state index in [1.165, 1.54) is 5.56 Å². The number of hydrogen-bond acceptors (Lipinski definition) is 9. The molecule has 45 heavy (non-hydrogen) atoms. The minimum Gasteiger partial charge on any atom is -0.504 e. The van der Waals surface area contributed by atoms with Gasteiger partial charge in [-0.1, -0.05) is 48.5 Å². The van der Waals surface area contributed by atoms with Crippen LogP contribution in [-0.2, 0) is 30.5 Å². The highest BCUT2D eigenvalue weighted by Gasteiger charge is 2.32. The maximum Gasteiger partial charge on any atom is 0.305 e. The number of carboxylic acid groups (broad SMARTS) is 1. The van der Waals surface area contributed by atoms with Crippen molar-refractivity contribution in [2.24, 2.45) is 0 Å². The molecule has 1 saturated heterocycles. The predicted octanol–water partition coefficient (Wildman–Crippen LogP) is 2.99. The minimum atomic E-state index is -0.970. The van der Waals surface area contributed by atoms with Crippen LogP contribution in [0.4, 0.5) is 11.6 Å². The summed E-state index contributed by atoms with van der Waals surface area (Å²) in [5.41, 5.74) is 7.53. The molecule has 3 heterocycles. The van der Waals surface area contributed by atoms with E-state index >= 15 is 0 Å². The predicted molar refractivity (Wildman–Crippen MR) is 170 cm³/mol. The average molecular weight is 621 g/mol. The summed E-state index contributed by atoms with van der Waals surface area (Å²) in [5, 5.41) is 24.3. The Kier molecular flexibility index (Phi) is 14.1. The monoisotopic (exact) mass is 620 g/mol. The number of nitrogens with one attached hydrogen (secondary N) is 3. The molecule has 13 heteroatoms. The van der Waals surface area contributed by atoms with E-state index in [2.05, 4.69) is 20.6 Å². The first-order valence-electron chi connectivity index (χ1n) is 14.3. The molecule has 2 aromatic carbocycles. The molecule has 7 N–H and O–H groups in total. The topological polar surface area (TPSA) is 192 Å². The fraction of sp³-hybridized carbons (Fsp3) is 0.312. The molecular formula is C32H40N6O7. The molecule has 0 spiro atoms. The molecule has 0 aliphatic carbocycles. The largest absolute Gasteiger partial charge is 0.504 e. The average Bonchev–Trinajstić information content (AvgIpc) is 3.59. The van der Waals surface area contributed by atoms with Gasteiger partial charge in [-0.2, -0.15) is 0 Å². The number of ether oxygens (including phenoxy) is 2. The van der Waals surface area contributed by atoms with Gasteiger partial charge in [0.15, 0.2) is 5.75 Å². The van der Waals surface area contributed by atoms with Gasteiger partial charge in [-0.3, -0.25) is 14.4 Å². The van der Waals surface area contributed by atoms with Gasteiger partial charge in [0.2, 0.25) is 12.3 Å². The molecular weight excluding hydrogens is 580 g/mol. The molecule has 2 aromatic heterocycles. The molecule has 1 fully saturated rings. The lowest BCUT2D eigenvalue weighted by molar-refractivity contribution is -0.137. The van der Waals surface area contributed by atoms with Crippen molar-refractivity contribution in [3.05, 3.63) is 84.6 Å². The number of carbonyl (C=O) groups is 3. The van der Waals surface area contributed by atoms with Gasteiger partial charge in [0, 0.05) is 38.3 Å². The molecule has 2 atom stereocenters. The highest BCUT2D eigenvalue weighted by Crippen LogP contribution is 2.29. The fourth-order valence-electron chi connectivity index (χ4n) is 4.48. The molecule has 4 aromatic rings. The normalized spacial score (nSPS) is 15.3. The van der Waals surface area contributed by atoms with Crippen LogP contribution in [0.5, 0.6) is 5.75 Å². The summed E-state index contributed by atoms with van der Waals surface area (Å²) in [6.45, 7) is 1.58. The van der Waals surface area contributed by atoms with Gasteiger partial charge in [-0.05, 0) is 36.2 Å². The van der Waals surface area contributed by atoms with Gasteiger partial charge in [0.1, 0.15) is 18.2 Å². The summed E-state index contributed by atoms with van der Waals surface area (Å²) < 4.78 is 10.5. The summed E-state index contributed by atoms with van der Waals surface area (Å²) in [4.78, 5) is 41.8. The number of methoxy groups -OCH3 is 1. The number of anilines is 2. The van der Waals surface area contributed by atoms with Crippen molar-refractivity contribution < 1.29 is 34.1 Å². The lowest BCUT2D eigenvalue weighted by Crippen LogP contribution is -2.34. The van der Waals surface area contributed by atoms with Crippen LogP contribution in [0, 0.1) is 0 Å². The summed E-state index contributed by atoms with van der Waals surface area (Å²) in [7, 11) is 1.70. The zero-order valence-electron chi connectivity index (χ0n) is 25.1. The second kappa shape index (κ2) is 18.5. The highest BCUT2D eigenvalue weighted by atomic mass is 16.5. The van der Waals surface area contributed by atoms with Gasteiger partial charge in [0.25, 0.3) is 0 Å². The van der Waals surface area contributed by atoms with E-state index in [0.717, 1.165) is 23.1 Å². The quantitative estimate of drug-likeness (QED) is 0.128. The van der Waals surface area contributed by atoms with Crippen molar-refractivity contribution in [3.8, 4) is 5.75 Å². The van der Waals surface area contributed by atoms with Gasteiger partial charge < -0.3 is 45.9 Å². The van der Waals surface area contributed by atoms with E-state index in [0.29, 0.717) is 31.9 Å². The van der Waals surface area contributed by atoms with Crippen molar-refractivity contribution in [1.82, 2.24) is 20.2 Å². The number of rotatable bonds is 12. The van der Waals surface area contributed by atoms with Gasteiger partial charge in [-0.25, -0.2) is 4.98 Å². The van der Waals surface area contributed by atoms with Crippen molar-refractivity contribution >= 4 is 40.8 Å². The first-order valence-corrected chi connectivity index (χ1v) is 14.3. The van der Waals surface area contributed by atoms with Crippen molar-refractivity contribution in [3.63, 3.8) is 0 Å². The number of aromatic hydroxyl groups is 1. The number of pyridine rings is 1. The number of H-pyrrole nitrogens is 1. The Hall–Kier alpha value is -5.14. The zero-order valence-corrected chi connectivity index (χ0v) is 25.1. The van der Waals surface area contributed by atoms with Crippen LogP contribution in [0.1, 0.15) is 18.4 Å². The molecule has 0 radical (unpaired) electrons. The highest BCUT2D eigenvalue weighted by molar-refractivity contribution is 5.91. The van der Waals surface area contributed by atoms with Crippen LogP contribution in [0.25, 0.3) is 10.9 Å². The van der Waals surface area contributed by atoms with E-state index < -0.39 is 5.97 Å². The number of carboxylic acids is 1. The Bertz CT molecular complexity index is 1470. The van der Waals surface area contributed by atoms with E-state index in [1.807, 2.05) is 72.8 Å². The van der Waals surface area contributed by atoms with Crippen LogP contribution >= 0.6 is 0 Å². The number of fused-ring (bicyclic) bond motifs is 1. The van der Waals surface area contributed by atoms with Gasteiger partial charge in [-0.15, -0.1) is 0 Å². The van der Waals surface area contributed by atoms with Crippen molar-refractivity contribution in [1.29, 1.82) is 0 Å². The Labute approximate surface area is 261 Å². The van der Waals surface area contributed by atoms with Crippen LogP contribution in [0.3, 0.4) is 0 Å². The Morgan fingerprint density at radius 3 is 2.51 bits per heavy atom. The van der Waals surface area contributed by atoms with Crippen molar-refractivity contribution in [2.45, 2.75) is 31.6 Å². The number of carbonyl (C=O) groups excluding carboxylic acids is 2. The number of aliphatic carboxylic acids is 1. The molecule has 13 nitrogen and oxygen atoms in total. The fourth-order valence-corrected chi connectivity index (χ4v) is 4.48. The molecule has 0 saturated carbocycles. The molecule has 1 aliphatic heterocycles. The minimum absolute atomic E-state index is 0.0421. The number of aromatic nitrogens is 2.